The lowest BCUT2D eigenvalue weighted by Gasteiger charge is -2.16. The summed E-state index contributed by atoms with van der Waals surface area (Å²) in [6.07, 6.45) is 2.68. The van der Waals surface area contributed by atoms with Gasteiger partial charge in [-0.1, -0.05) is 20.8 Å². The molecule has 0 aromatic heterocycles. The Labute approximate surface area is 80.7 Å². The van der Waals surface area contributed by atoms with Crippen molar-refractivity contribution in [1.82, 2.24) is 5.32 Å². The van der Waals surface area contributed by atoms with Gasteiger partial charge in [0.15, 0.2) is 0 Å². The van der Waals surface area contributed by atoms with Crippen molar-refractivity contribution in [2.75, 3.05) is 12.3 Å². The molecule has 0 aliphatic carbocycles. The van der Waals surface area contributed by atoms with Crippen LogP contribution in [0.1, 0.15) is 33.6 Å². The number of nitrogens with one attached hydrogen (secondary N) is 1. The van der Waals surface area contributed by atoms with E-state index in [-0.39, 0.29) is 0 Å². The number of hydrogen-bond acceptors (Lipinski definition) is 2. The van der Waals surface area contributed by atoms with Crippen molar-refractivity contribution >= 4 is 11.8 Å². The highest BCUT2D eigenvalue weighted by atomic mass is 32.2. The highest BCUT2D eigenvalue weighted by Gasteiger charge is 2.22. The third-order valence-electron chi connectivity index (χ3n) is 2.50. The lowest BCUT2D eigenvalue weighted by Crippen LogP contribution is -2.34. The van der Waals surface area contributed by atoms with Gasteiger partial charge in [0.1, 0.15) is 0 Å². The molecule has 2 unspecified atom stereocenters. The van der Waals surface area contributed by atoms with Crippen LogP contribution in [-0.4, -0.2) is 23.6 Å². The molecule has 1 rings (SSSR count). The van der Waals surface area contributed by atoms with Crippen molar-refractivity contribution in [3.63, 3.8) is 0 Å². The Morgan fingerprint density at radius 1 is 1.50 bits per heavy atom. The Morgan fingerprint density at radius 2 is 2.25 bits per heavy atom. The average molecular weight is 187 g/mol. The van der Waals surface area contributed by atoms with Crippen LogP contribution in [0.15, 0.2) is 0 Å². The van der Waals surface area contributed by atoms with Crippen LogP contribution in [0.5, 0.6) is 0 Å². The van der Waals surface area contributed by atoms with Crippen LogP contribution in [0, 0.1) is 5.92 Å². The molecule has 0 radical (unpaired) electrons. The van der Waals surface area contributed by atoms with Crippen LogP contribution in [-0.2, 0) is 0 Å². The minimum Gasteiger partial charge on any atom is -0.313 e. The SMILES string of the molecule is CC(C)CCNC1CCSC1C. The first-order valence-corrected chi connectivity index (χ1v) is 6.10. The minimum atomic E-state index is 0.786. The van der Waals surface area contributed by atoms with Crippen LogP contribution in [0.3, 0.4) is 0 Å². The fourth-order valence-electron chi connectivity index (χ4n) is 1.56. The molecule has 2 heteroatoms. The molecule has 72 valence electrons. The van der Waals surface area contributed by atoms with E-state index in [4.69, 9.17) is 0 Å². The van der Waals surface area contributed by atoms with Crippen molar-refractivity contribution in [2.45, 2.75) is 44.9 Å². The first-order valence-electron chi connectivity index (χ1n) is 5.05. The molecule has 0 aromatic rings. The number of hydrogen-bond donors (Lipinski definition) is 1. The van der Waals surface area contributed by atoms with Gasteiger partial charge in [-0.3, -0.25) is 0 Å². The third-order valence-corrected chi connectivity index (χ3v) is 3.83. The Kier molecular flexibility index (Phi) is 4.44. The summed E-state index contributed by atoms with van der Waals surface area (Å²) < 4.78 is 0. The molecule has 0 amide bonds. The summed E-state index contributed by atoms with van der Waals surface area (Å²) in [7, 11) is 0. The van der Waals surface area contributed by atoms with Crippen LogP contribution in [0.25, 0.3) is 0 Å². The van der Waals surface area contributed by atoms with Gasteiger partial charge in [-0.05, 0) is 31.1 Å². The largest absolute Gasteiger partial charge is 0.313 e. The van der Waals surface area contributed by atoms with E-state index in [0.29, 0.717) is 0 Å². The van der Waals surface area contributed by atoms with Gasteiger partial charge in [0.05, 0.1) is 0 Å². The maximum atomic E-state index is 3.64. The zero-order chi connectivity index (χ0) is 8.97. The Morgan fingerprint density at radius 3 is 2.75 bits per heavy atom. The molecule has 2 atom stereocenters. The molecule has 1 nitrogen and oxygen atoms in total. The average Bonchev–Trinajstić information content (AvgIpc) is 2.36. The fraction of sp³-hybridized carbons (Fsp3) is 1.00. The summed E-state index contributed by atoms with van der Waals surface area (Å²) in [6, 6.07) is 0.786. The van der Waals surface area contributed by atoms with Gasteiger partial charge in [0.2, 0.25) is 0 Å². The molecular weight excluding hydrogens is 166 g/mol. The maximum absolute atomic E-state index is 3.64. The summed E-state index contributed by atoms with van der Waals surface area (Å²) in [5.41, 5.74) is 0. The van der Waals surface area contributed by atoms with Gasteiger partial charge in [0, 0.05) is 11.3 Å². The molecule has 1 aliphatic heterocycles. The molecule has 1 N–H and O–H groups in total. The standard InChI is InChI=1S/C10H21NS/c1-8(2)4-6-11-10-5-7-12-9(10)3/h8-11H,4-7H2,1-3H3. The van der Waals surface area contributed by atoms with E-state index >= 15 is 0 Å². The van der Waals surface area contributed by atoms with E-state index < -0.39 is 0 Å². The van der Waals surface area contributed by atoms with Gasteiger partial charge in [0.25, 0.3) is 0 Å². The van der Waals surface area contributed by atoms with E-state index in [1.54, 1.807) is 0 Å². The van der Waals surface area contributed by atoms with Gasteiger partial charge >= 0.3 is 0 Å². The van der Waals surface area contributed by atoms with Gasteiger partial charge in [-0.2, -0.15) is 11.8 Å². The molecule has 1 heterocycles. The monoisotopic (exact) mass is 187 g/mol. The molecule has 12 heavy (non-hydrogen) atoms. The van der Waals surface area contributed by atoms with Gasteiger partial charge in [-0.15, -0.1) is 0 Å². The number of rotatable bonds is 4. The van der Waals surface area contributed by atoms with Crippen molar-refractivity contribution < 1.29 is 0 Å². The second-order valence-electron chi connectivity index (χ2n) is 4.11. The van der Waals surface area contributed by atoms with Gasteiger partial charge in [-0.25, -0.2) is 0 Å². The van der Waals surface area contributed by atoms with E-state index in [0.717, 1.165) is 17.2 Å². The Balaban J connectivity index is 2.06. The normalized spacial score (nSPS) is 30.0. The highest BCUT2D eigenvalue weighted by Crippen LogP contribution is 2.25. The molecule has 0 spiro atoms. The first-order chi connectivity index (χ1) is 5.70. The van der Waals surface area contributed by atoms with Crippen LogP contribution < -0.4 is 5.32 Å². The predicted molar refractivity (Wildman–Crippen MR) is 57.8 cm³/mol. The van der Waals surface area contributed by atoms with Crippen LogP contribution >= 0.6 is 11.8 Å². The summed E-state index contributed by atoms with van der Waals surface area (Å²) in [4.78, 5) is 0. The van der Waals surface area contributed by atoms with Gasteiger partial charge < -0.3 is 5.32 Å². The predicted octanol–water partition coefficient (Wildman–Crippen LogP) is 2.52. The summed E-state index contributed by atoms with van der Waals surface area (Å²) in [6.45, 7) is 8.11. The smallest absolute Gasteiger partial charge is 0.0191 e. The topological polar surface area (TPSA) is 12.0 Å². The summed E-state index contributed by atoms with van der Waals surface area (Å²) in [5.74, 6) is 2.18. The first kappa shape index (κ1) is 10.4. The molecule has 0 saturated carbocycles. The van der Waals surface area contributed by atoms with Crippen molar-refractivity contribution in [3.05, 3.63) is 0 Å². The Hall–Kier alpha value is 0.310. The summed E-state index contributed by atoms with van der Waals surface area (Å²) >= 11 is 2.10. The molecule has 1 aliphatic rings. The molecule has 1 fully saturated rings. The lowest BCUT2D eigenvalue weighted by molar-refractivity contribution is 0.467. The van der Waals surface area contributed by atoms with E-state index in [9.17, 15) is 0 Å². The lowest BCUT2D eigenvalue weighted by atomic mass is 10.1. The van der Waals surface area contributed by atoms with Crippen molar-refractivity contribution in [1.29, 1.82) is 0 Å². The quantitative estimate of drug-likeness (QED) is 0.726. The van der Waals surface area contributed by atoms with E-state index in [2.05, 4.69) is 37.8 Å². The maximum Gasteiger partial charge on any atom is 0.0191 e. The highest BCUT2D eigenvalue weighted by molar-refractivity contribution is 8.00. The second kappa shape index (κ2) is 5.13. The summed E-state index contributed by atoms with van der Waals surface area (Å²) in [5, 5.41) is 4.47. The number of thioether (sulfide) groups is 1. The minimum absolute atomic E-state index is 0.786. The van der Waals surface area contributed by atoms with Crippen LogP contribution in [0.4, 0.5) is 0 Å². The molecule has 0 bridgehead atoms. The Bertz CT molecular complexity index is 125. The van der Waals surface area contributed by atoms with Crippen molar-refractivity contribution in [3.8, 4) is 0 Å². The fourth-order valence-corrected chi connectivity index (χ4v) is 2.78. The second-order valence-corrected chi connectivity index (χ2v) is 5.59. The molecular formula is C10H21NS. The van der Waals surface area contributed by atoms with Crippen molar-refractivity contribution in [2.24, 2.45) is 5.92 Å². The third kappa shape index (κ3) is 3.36. The van der Waals surface area contributed by atoms with E-state index in [1.807, 2.05) is 0 Å². The van der Waals surface area contributed by atoms with E-state index in [1.165, 1.54) is 25.1 Å². The van der Waals surface area contributed by atoms with Crippen LogP contribution in [0.2, 0.25) is 0 Å². The molecule has 1 saturated heterocycles. The molecule has 0 aromatic carbocycles. The zero-order valence-corrected chi connectivity index (χ0v) is 9.29. The zero-order valence-electron chi connectivity index (χ0n) is 8.47.